The van der Waals surface area contributed by atoms with Crippen molar-refractivity contribution in [2.24, 2.45) is 0 Å². The van der Waals surface area contributed by atoms with Crippen LogP contribution in [0, 0.1) is 0 Å². The zero-order valence-corrected chi connectivity index (χ0v) is 19.9. The molecule has 2 saturated heterocycles. The summed E-state index contributed by atoms with van der Waals surface area (Å²) in [5, 5.41) is 6.93. The number of epoxide rings is 2. The molecule has 6 heteroatoms. The van der Waals surface area contributed by atoms with E-state index in [1.165, 1.54) is 32.7 Å². The summed E-state index contributed by atoms with van der Waals surface area (Å²) < 4.78 is 22.3. The molecule has 4 aromatic rings. The molecule has 0 bridgehead atoms. The van der Waals surface area contributed by atoms with Gasteiger partial charge < -0.3 is 18.9 Å². The van der Waals surface area contributed by atoms with Gasteiger partial charge in [0, 0.05) is 10.6 Å². The number of rotatable bonds is 7. The quantitative estimate of drug-likeness (QED) is 0.305. The molecule has 0 spiro atoms. The van der Waals surface area contributed by atoms with Crippen molar-refractivity contribution in [2.45, 2.75) is 12.2 Å². The first-order valence-corrected chi connectivity index (χ1v) is 11.9. The molecule has 4 aromatic carbocycles. The third kappa shape index (κ3) is 4.09. The minimum atomic E-state index is 0.252. The van der Waals surface area contributed by atoms with Gasteiger partial charge in [-0.25, -0.2) is 0 Å². The molecule has 0 N–H and O–H groups in total. The van der Waals surface area contributed by atoms with E-state index in [9.17, 15) is 0 Å². The highest BCUT2D eigenvalue weighted by atomic mass is 31.0. The van der Waals surface area contributed by atoms with E-state index >= 15 is 0 Å². The Morgan fingerprint density at radius 3 is 1.50 bits per heavy atom. The van der Waals surface area contributed by atoms with Crippen molar-refractivity contribution in [3.8, 4) is 22.6 Å². The Morgan fingerprint density at radius 1 is 0.656 bits per heavy atom. The lowest BCUT2D eigenvalue weighted by Crippen LogP contribution is -2.09. The maximum Gasteiger partial charge on any atom is 0.127 e. The van der Waals surface area contributed by atoms with Gasteiger partial charge in [-0.2, -0.15) is 0 Å². The predicted octanol–water partition coefficient (Wildman–Crippen LogP) is 4.22. The van der Waals surface area contributed by atoms with Crippen molar-refractivity contribution < 1.29 is 18.9 Å². The fraction of sp³-hybridized carbons (Fsp3) is 0.231. The second kappa shape index (κ2) is 8.28. The largest absolute Gasteiger partial charge is 0.490 e. The highest BCUT2D eigenvalue weighted by molar-refractivity contribution is 7.29. The van der Waals surface area contributed by atoms with Crippen LogP contribution in [-0.2, 0) is 9.47 Å². The Labute approximate surface area is 191 Å². The van der Waals surface area contributed by atoms with Gasteiger partial charge in [0.2, 0.25) is 0 Å². The molecule has 4 nitrogen and oxygen atoms in total. The van der Waals surface area contributed by atoms with Crippen molar-refractivity contribution in [3.63, 3.8) is 0 Å². The zero-order valence-electron chi connectivity index (χ0n) is 17.5. The molecule has 0 amide bonds. The molecule has 0 radical (unpaired) electrons. The zero-order chi connectivity index (χ0) is 21.7. The molecule has 2 heterocycles. The lowest BCUT2D eigenvalue weighted by molar-refractivity contribution is 0.265. The van der Waals surface area contributed by atoms with Crippen LogP contribution in [0.2, 0.25) is 0 Å². The highest BCUT2D eigenvalue weighted by Gasteiger charge is 2.24. The van der Waals surface area contributed by atoms with Gasteiger partial charge in [-0.1, -0.05) is 36.4 Å². The minimum Gasteiger partial charge on any atom is -0.490 e. The van der Waals surface area contributed by atoms with E-state index in [1.54, 1.807) is 0 Å². The first-order chi connectivity index (χ1) is 15.7. The van der Waals surface area contributed by atoms with Crippen LogP contribution in [0.5, 0.6) is 11.5 Å². The number of hydrogen-bond acceptors (Lipinski definition) is 4. The standard InChI is InChI=1S/C26H24O4P2/c31-25-21-5-1-15(9-17(21)3-7-23(25)29-13-19-11-27-19)16-2-6-22-18(10-16)4-8-24(26(22)32)30-14-20-12-28-20/h1-10,19-20H,11-14,31-32H2. The molecule has 2 aliphatic heterocycles. The Balaban J connectivity index is 1.30. The van der Waals surface area contributed by atoms with Crippen LogP contribution in [0.1, 0.15) is 0 Å². The van der Waals surface area contributed by atoms with Crippen molar-refractivity contribution >= 4 is 50.6 Å². The molecule has 4 unspecified atom stereocenters. The normalized spacial score (nSPS) is 19.3. The van der Waals surface area contributed by atoms with Crippen molar-refractivity contribution in [2.75, 3.05) is 26.4 Å². The van der Waals surface area contributed by atoms with Gasteiger partial charge in [0.25, 0.3) is 0 Å². The molecule has 0 aliphatic carbocycles. The van der Waals surface area contributed by atoms with E-state index in [0.717, 1.165) is 35.3 Å². The van der Waals surface area contributed by atoms with Gasteiger partial charge in [0.15, 0.2) is 0 Å². The molecular formula is C26H24O4P2. The summed E-state index contributed by atoms with van der Waals surface area (Å²) in [6, 6.07) is 21.6. The minimum absolute atomic E-state index is 0.252. The molecule has 0 saturated carbocycles. The maximum atomic E-state index is 5.92. The van der Waals surface area contributed by atoms with E-state index in [2.05, 4.69) is 67.0 Å². The van der Waals surface area contributed by atoms with E-state index in [-0.39, 0.29) is 12.2 Å². The van der Waals surface area contributed by atoms with Gasteiger partial charge >= 0.3 is 0 Å². The van der Waals surface area contributed by atoms with Crippen molar-refractivity contribution in [1.82, 2.24) is 0 Å². The van der Waals surface area contributed by atoms with E-state index in [4.69, 9.17) is 18.9 Å². The number of benzene rings is 4. The summed E-state index contributed by atoms with van der Waals surface area (Å²) in [5.74, 6) is 1.80. The Morgan fingerprint density at radius 2 is 1.09 bits per heavy atom. The fourth-order valence-electron chi connectivity index (χ4n) is 3.97. The summed E-state index contributed by atoms with van der Waals surface area (Å²) in [6.07, 6.45) is 0.504. The first-order valence-electron chi connectivity index (χ1n) is 10.8. The van der Waals surface area contributed by atoms with Crippen LogP contribution in [0.3, 0.4) is 0 Å². The van der Waals surface area contributed by atoms with Crippen molar-refractivity contribution in [1.29, 1.82) is 0 Å². The average molecular weight is 462 g/mol. The third-order valence-electron chi connectivity index (χ3n) is 6.03. The number of ether oxygens (including phenoxy) is 4. The van der Waals surface area contributed by atoms with E-state index < -0.39 is 0 Å². The monoisotopic (exact) mass is 462 g/mol. The van der Waals surface area contributed by atoms with E-state index in [0.29, 0.717) is 13.2 Å². The summed E-state index contributed by atoms with van der Waals surface area (Å²) >= 11 is 0. The molecular weight excluding hydrogens is 438 g/mol. The molecule has 0 aromatic heterocycles. The average Bonchev–Trinajstić information content (AvgIpc) is 3.73. The third-order valence-corrected chi connectivity index (χ3v) is 7.22. The second-order valence-electron chi connectivity index (χ2n) is 8.36. The van der Waals surface area contributed by atoms with Gasteiger partial charge in [-0.3, -0.25) is 0 Å². The molecule has 2 aliphatic rings. The Hall–Kier alpha value is -2.22. The van der Waals surface area contributed by atoms with Crippen LogP contribution >= 0.6 is 18.5 Å². The SMILES string of the molecule is Pc1c(OCC2CO2)ccc2cc(-c3ccc4c(P)c(OCC5CO5)ccc4c3)ccc12. The van der Waals surface area contributed by atoms with E-state index in [1.807, 2.05) is 12.1 Å². The lowest BCUT2D eigenvalue weighted by Gasteiger charge is -2.13. The smallest absolute Gasteiger partial charge is 0.127 e. The van der Waals surface area contributed by atoms with Crippen LogP contribution in [0.15, 0.2) is 60.7 Å². The van der Waals surface area contributed by atoms with Crippen molar-refractivity contribution in [3.05, 3.63) is 60.7 Å². The molecule has 162 valence electrons. The van der Waals surface area contributed by atoms with Gasteiger partial charge in [0.05, 0.1) is 13.2 Å². The molecule has 6 rings (SSSR count). The fourth-order valence-corrected chi connectivity index (χ4v) is 4.86. The molecule has 2 fully saturated rings. The Kier molecular flexibility index (Phi) is 5.28. The molecule has 32 heavy (non-hydrogen) atoms. The van der Waals surface area contributed by atoms with Crippen LogP contribution < -0.4 is 20.1 Å². The molecule has 4 atom stereocenters. The highest BCUT2D eigenvalue weighted by Crippen LogP contribution is 2.31. The summed E-state index contributed by atoms with van der Waals surface area (Å²) in [7, 11) is 5.66. The first kappa shape index (κ1) is 20.4. The lowest BCUT2D eigenvalue weighted by atomic mass is 9.98. The Bertz CT molecular complexity index is 1230. The summed E-state index contributed by atoms with van der Waals surface area (Å²) in [6.45, 7) is 2.83. The van der Waals surface area contributed by atoms with Gasteiger partial charge in [0.1, 0.15) is 36.9 Å². The predicted molar refractivity (Wildman–Crippen MR) is 136 cm³/mol. The van der Waals surface area contributed by atoms with Crippen LogP contribution in [-0.4, -0.2) is 38.6 Å². The maximum absolute atomic E-state index is 5.92. The summed E-state index contributed by atoms with van der Waals surface area (Å²) in [4.78, 5) is 0. The van der Waals surface area contributed by atoms with Gasteiger partial charge in [-0.05, 0) is 56.9 Å². The topological polar surface area (TPSA) is 43.5 Å². The van der Waals surface area contributed by atoms with Gasteiger partial charge in [-0.15, -0.1) is 18.5 Å². The van der Waals surface area contributed by atoms with Crippen LogP contribution in [0.25, 0.3) is 32.7 Å². The number of hydrogen-bond donors (Lipinski definition) is 0. The summed E-state index contributed by atoms with van der Waals surface area (Å²) in [5.41, 5.74) is 2.39. The number of fused-ring (bicyclic) bond motifs is 2. The van der Waals surface area contributed by atoms with Crippen LogP contribution in [0.4, 0.5) is 0 Å². The second-order valence-corrected chi connectivity index (χ2v) is 9.51.